The van der Waals surface area contributed by atoms with Gasteiger partial charge in [0.2, 0.25) is 0 Å². The van der Waals surface area contributed by atoms with Gasteiger partial charge < -0.3 is 19.5 Å². The largest absolute Gasteiger partial charge is 0.508 e. The Bertz CT molecular complexity index is 746. The SMILES string of the molecule is CCOC(=O)O[C@@H]1[C@H]2C=C[C@H](C2)[C@@]1(NC(=O)c1ccccc1)C(=O)OCC. The molecule has 1 amide bonds. The van der Waals surface area contributed by atoms with Gasteiger partial charge in [0.05, 0.1) is 13.2 Å². The van der Waals surface area contributed by atoms with Crippen molar-refractivity contribution in [2.24, 2.45) is 11.8 Å². The van der Waals surface area contributed by atoms with Crippen LogP contribution in [0.3, 0.4) is 0 Å². The molecule has 0 heterocycles. The summed E-state index contributed by atoms with van der Waals surface area (Å²) in [6.07, 6.45) is 2.60. The molecule has 3 rings (SSSR count). The van der Waals surface area contributed by atoms with Crippen molar-refractivity contribution in [1.82, 2.24) is 5.32 Å². The summed E-state index contributed by atoms with van der Waals surface area (Å²) < 4.78 is 15.6. The van der Waals surface area contributed by atoms with Crippen molar-refractivity contribution >= 4 is 18.0 Å². The zero-order valence-electron chi connectivity index (χ0n) is 15.3. The highest BCUT2D eigenvalue weighted by molar-refractivity contribution is 5.99. The minimum Gasteiger partial charge on any atom is -0.464 e. The highest BCUT2D eigenvalue weighted by atomic mass is 16.7. The molecule has 2 aliphatic carbocycles. The smallest absolute Gasteiger partial charge is 0.464 e. The van der Waals surface area contributed by atoms with Crippen LogP contribution < -0.4 is 5.32 Å². The average molecular weight is 373 g/mol. The van der Waals surface area contributed by atoms with Crippen molar-refractivity contribution in [3.8, 4) is 0 Å². The third kappa shape index (κ3) is 3.41. The van der Waals surface area contributed by atoms with Gasteiger partial charge in [-0.15, -0.1) is 0 Å². The van der Waals surface area contributed by atoms with E-state index in [-0.39, 0.29) is 25.0 Å². The van der Waals surface area contributed by atoms with Gasteiger partial charge in [-0.2, -0.15) is 0 Å². The van der Waals surface area contributed by atoms with E-state index in [2.05, 4.69) is 5.32 Å². The summed E-state index contributed by atoms with van der Waals surface area (Å²) in [5.74, 6) is -1.56. The van der Waals surface area contributed by atoms with Gasteiger partial charge in [0.15, 0.2) is 5.54 Å². The average Bonchev–Trinajstić information content (AvgIpc) is 3.25. The zero-order valence-corrected chi connectivity index (χ0v) is 15.3. The predicted octanol–water partition coefficient (Wildman–Crippen LogP) is 2.47. The van der Waals surface area contributed by atoms with E-state index in [0.717, 1.165) is 0 Å². The number of fused-ring (bicyclic) bond motifs is 2. The molecule has 1 aromatic rings. The summed E-state index contributed by atoms with van der Waals surface area (Å²) in [6.45, 7) is 3.65. The Labute approximate surface area is 157 Å². The third-order valence-electron chi connectivity index (χ3n) is 4.99. The van der Waals surface area contributed by atoms with Gasteiger partial charge in [-0.05, 0) is 32.4 Å². The maximum Gasteiger partial charge on any atom is 0.508 e. The first-order valence-corrected chi connectivity index (χ1v) is 9.09. The minimum atomic E-state index is -1.48. The van der Waals surface area contributed by atoms with Gasteiger partial charge in [0.1, 0.15) is 6.10 Å². The highest BCUT2D eigenvalue weighted by Gasteiger charge is 2.64. The van der Waals surface area contributed by atoms with Crippen molar-refractivity contribution in [2.75, 3.05) is 13.2 Å². The lowest BCUT2D eigenvalue weighted by Crippen LogP contribution is -2.65. The van der Waals surface area contributed by atoms with E-state index in [1.54, 1.807) is 44.2 Å². The maximum atomic E-state index is 13.0. The summed E-state index contributed by atoms with van der Waals surface area (Å²) in [4.78, 5) is 37.8. The van der Waals surface area contributed by atoms with E-state index in [1.807, 2.05) is 12.2 Å². The minimum absolute atomic E-state index is 0.148. The van der Waals surface area contributed by atoms with Crippen LogP contribution >= 0.6 is 0 Å². The van der Waals surface area contributed by atoms with Crippen molar-refractivity contribution in [2.45, 2.75) is 31.9 Å². The molecule has 1 aromatic carbocycles. The van der Waals surface area contributed by atoms with Gasteiger partial charge in [-0.25, -0.2) is 9.59 Å². The molecule has 4 atom stereocenters. The van der Waals surface area contributed by atoms with Crippen molar-refractivity contribution < 1.29 is 28.6 Å². The zero-order chi connectivity index (χ0) is 19.4. The van der Waals surface area contributed by atoms with Crippen LogP contribution in [0.25, 0.3) is 0 Å². The number of hydrogen-bond acceptors (Lipinski definition) is 6. The van der Waals surface area contributed by atoms with Gasteiger partial charge in [0.25, 0.3) is 5.91 Å². The standard InChI is InChI=1S/C20H23NO6/c1-3-25-18(23)20(21-17(22)13-8-6-5-7-9-13)15-11-10-14(12-15)16(20)27-19(24)26-4-2/h5-11,14-16H,3-4,12H2,1-2H3,(H,21,22)/t14-,15+,16+,20-/m0/s1. The molecule has 0 unspecified atom stereocenters. The molecule has 0 radical (unpaired) electrons. The predicted molar refractivity (Wildman–Crippen MR) is 95.9 cm³/mol. The van der Waals surface area contributed by atoms with E-state index < -0.39 is 29.7 Å². The van der Waals surface area contributed by atoms with Crippen LogP contribution in [-0.2, 0) is 19.0 Å². The molecule has 0 aromatic heterocycles. The third-order valence-corrected chi connectivity index (χ3v) is 4.99. The second kappa shape index (κ2) is 7.82. The van der Waals surface area contributed by atoms with Gasteiger partial charge >= 0.3 is 12.1 Å². The number of nitrogens with one attached hydrogen (secondary N) is 1. The first kappa shape index (κ1) is 18.9. The van der Waals surface area contributed by atoms with E-state index in [0.29, 0.717) is 12.0 Å². The van der Waals surface area contributed by atoms with Crippen LogP contribution in [0.1, 0.15) is 30.6 Å². The molecule has 2 bridgehead atoms. The number of carbonyl (C=O) groups is 3. The van der Waals surface area contributed by atoms with Crippen LogP contribution in [-0.4, -0.2) is 42.9 Å². The molecule has 144 valence electrons. The Morgan fingerprint density at radius 1 is 1.07 bits per heavy atom. The summed E-state index contributed by atoms with van der Waals surface area (Å²) in [5.41, 5.74) is -1.07. The number of hydrogen-bond donors (Lipinski definition) is 1. The van der Waals surface area contributed by atoms with E-state index in [1.165, 1.54) is 0 Å². The normalized spacial score (nSPS) is 27.9. The van der Waals surface area contributed by atoms with Crippen LogP contribution in [0.4, 0.5) is 4.79 Å². The van der Waals surface area contributed by atoms with Crippen LogP contribution in [0.15, 0.2) is 42.5 Å². The number of amides is 1. The molecular weight excluding hydrogens is 350 g/mol. The Morgan fingerprint density at radius 3 is 2.44 bits per heavy atom. The number of carbonyl (C=O) groups excluding carboxylic acids is 3. The lowest BCUT2D eigenvalue weighted by Gasteiger charge is -2.39. The fraction of sp³-hybridized carbons (Fsp3) is 0.450. The Hall–Kier alpha value is -2.83. The van der Waals surface area contributed by atoms with E-state index in [4.69, 9.17) is 14.2 Å². The van der Waals surface area contributed by atoms with E-state index in [9.17, 15) is 14.4 Å². The first-order valence-electron chi connectivity index (χ1n) is 9.09. The number of esters is 1. The molecular formula is C20H23NO6. The molecule has 27 heavy (non-hydrogen) atoms. The molecule has 1 saturated carbocycles. The van der Waals surface area contributed by atoms with Crippen molar-refractivity contribution in [3.05, 3.63) is 48.0 Å². The molecule has 1 N–H and O–H groups in total. The maximum absolute atomic E-state index is 13.0. The second-order valence-electron chi connectivity index (χ2n) is 6.52. The van der Waals surface area contributed by atoms with E-state index >= 15 is 0 Å². The monoisotopic (exact) mass is 373 g/mol. The lowest BCUT2D eigenvalue weighted by atomic mass is 9.81. The van der Waals surface area contributed by atoms with Crippen molar-refractivity contribution in [3.63, 3.8) is 0 Å². The molecule has 7 heteroatoms. The molecule has 0 saturated heterocycles. The summed E-state index contributed by atoms with van der Waals surface area (Å²) >= 11 is 0. The number of ether oxygens (including phenoxy) is 3. The van der Waals surface area contributed by atoms with Crippen LogP contribution in [0, 0.1) is 11.8 Å². The molecule has 1 fully saturated rings. The fourth-order valence-electron chi connectivity index (χ4n) is 3.86. The quantitative estimate of drug-likeness (QED) is 0.608. The van der Waals surface area contributed by atoms with Crippen LogP contribution in [0.5, 0.6) is 0 Å². The first-order chi connectivity index (χ1) is 13.0. The Morgan fingerprint density at radius 2 is 1.78 bits per heavy atom. The molecule has 0 spiro atoms. The molecule has 0 aliphatic heterocycles. The summed E-state index contributed by atoms with van der Waals surface area (Å²) in [7, 11) is 0. The van der Waals surface area contributed by atoms with Crippen LogP contribution in [0.2, 0.25) is 0 Å². The molecule has 2 aliphatic rings. The summed E-state index contributed by atoms with van der Waals surface area (Å²) in [5, 5.41) is 2.82. The Balaban J connectivity index is 1.95. The second-order valence-corrected chi connectivity index (χ2v) is 6.52. The van der Waals surface area contributed by atoms with Gasteiger partial charge in [-0.1, -0.05) is 30.4 Å². The fourth-order valence-corrected chi connectivity index (χ4v) is 3.86. The van der Waals surface area contributed by atoms with Crippen molar-refractivity contribution in [1.29, 1.82) is 0 Å². The topological polar surface area (TPSA) is 90.9 Å². The van der Waals surface area contributed by atoms with Gasteiger partial charge in [0, 0.05) is 17.4 Å². The number of rotatable bonds is 6. The highest BCUT2D eigenvalue weighted by Crippen LogP contribution is 2.49. The summed E-state index contributed by atoms with van der Waals surface area (Å²) in [6, 6.07) is 8.57. The van der Waals surface area contributed by atoms with Gasteiger partial charge in [-0.3, -0.25) is 4.79 Å². The Kier molecular flexibility index (Phi) is 5.48. The number of benzene rings is 1. The lowest BCUT2D eigenvalue weighted by molar-refractivity contribution is -0.157. The molecule has 7 nitrogen and oxygen atoms in total.